The summed E-state index contributed by atoms with van der Waals surface area (Å²) in [6.45, 7) is 10.9. The molecule has 42 heavy (non-hydrogen) atoms. The van der Waals surface area contributed by atoms with Gasteiger partial charge in [0.2, 0.25) is 5.91 Å². The highest BCUT2D eigenvalue weighted by Gasteiger charge is 2.43. The summed E-state index contributed by atoms with van der Waals surface area (Å²) >= 11 is 0. The third-order valence-electron chi connectivity index (χ3n) is 8.04. The molecule has 2 aliphatic rings. The zero-order chi connectivity index (χ0) is 31.1. The Kier molecular flexibility index (Phi) is 11.0. The number of hydrogen-bond acceptors (Lipinski definition) is 5. The Morgan fingerprint density at radius 3 is 2.24 bits per heavy atom. The van der Waals surface area contributed by atoms with Crippen LogP contribution in [0.1, 0.15) is 69.6 Å². The smallest absolute Gasteiger partial charge is 0.408 e. The SMILES string of the molecule is C=O.CC(c1c[nH]c2ccccc12)C(NC(=O)OC(C)(C)C)C(=O)N1CCC2(CCc3ccccc32)CC1.CN(C)C. The second kappa shape index (κ2) is 14.0. The van der Waals surface area contributed by atoms with E-state index in [0.717, 1.165) is 42.1 Å². The van der Waals surface area contributed by atoms with Gasteiger partial charge in [-0.15, -0.1) is 0 Å². The number of para-hydroxylation sites is 1. The van der Waals surface area contributed by atoms with Gasteiger partial charge in [0.25, 0.3) is 0 Å². The number of rotatable bonds is 4. The fourth-order valence-corrected chi connectivity index (χ4v) is 6.12. The van der Waals surface area contributed by atoms with Crippen molar-refractivity contribution in [1.82, 2.24) is 20.1 Å². The van der Waals surface area contributed by atoms with Gasteiger partial charge in [0.15, 0.2) is 0 Å². The Bertz CT molecular complexity index is 1330. The number of fused-ring (bicyclic) bond motifs is 3. The van der Waals surface area contributed by atoms with Gasteiger partial charge < -0.3 is 29.6 Å². The third-order valence-corrected chi connectivity index (χ3v) is 8.04. The predicted molar refractivity (Wildman–Crippen MR) is 169 cm³/mol. The number of carbonyl (C=O) groups is 3. The lowest BCUT2D eigenvalue weighted by Gasteiger charge is -2.42. The summed E-state index contributed by atoms with van der Waals surface area (Å²) in [5.41, 5.74) is 4.47. The third kappa shape index (κ3) is 7.79. The van der Waals surface area contributed by atoms with E-state index in [4.69, 9.17) is 9.53 Å². The molecular formula is C34H48N4O4. The summed E-state index contributed by atoms with van der Waals surface area (Å²) < 4.78 is 5.55. The Morgan fingerprint density at radius 2 is 1.60 bits per heavy atom. The standard InChI is InChI=1S/C30H37N3O3.C3H9N.CH2O/c1-20(23-19-31-25-12-8-6-10-22(23)25)26(32-28(35)36-29(2,3)4)27(34)33-17-15-30(16-18-33)14-13-21-9-5-7-11-24(21)30;1-4(2)3;1-2/h5-12,19-20,26,31H,13-18H2,1-4H3,(H,32,35);1-3H3;1H2. The fraction of sp³-hybridized carbons (Fsp3) is 0.500. The van der Waals surface area contributed by atoms with E-state index in [-0.39, 0.29) is 17.2 Å². The lowest BCUT2D eigenvalue weighted by atomic mass is 9.73. The van der Waals surface area contributed by atoms with E-state index in [2.05, 4.69) is 40.6 Å². The van der Waals surface area contributed by atoms with Gasteiger partial charge in [-0.25, -0.2) is 4.79 Å². The summed E-state index contributed by atoms with van der Waals surface area (Å²) in [6.07, 6.45) is 5.56. The molecule has 1 saturated heterocycles. The Balaban J connectivity index is 0.000000745. The first-order valence-electron chi connectivity index (χ1n) is 14.7. The van der Waals surface area contributed by atoms with Crippen LogP contribution in [0.3, 0.4) is 0 Å². The first kappa shape index (κ1) is 32.9. The van der Waals surface area contributed by atoms with Crippen LogP contribution in [-0.4, -0.2) is 79.4 Å². The highest BCUT2D eigenvalue weighted by molar-refractivity contribution is 5.89. The van der Waals surface area contributed by atoms with Crippen LogP contribution in [0.4, 0.5) is 4.79 Å². The second-order valence-electron chi connectivity index (χ2n) is 12.8. The first-order valence-corrected chi connectivity index (χ1v) is 14.7. The Morgan fingerprint density at radius 1 is 1.00 bits per heavy atom. The van der Waals surface area contributed by atoms with E-state index in [1.54, 1.807) is 0 Å². The maximum atomic E-state index is 14.0. The molecule has 5 rings (SSSR count). The van der Waals surface area contributed by atoms with E-state index in [9.17, 15) is 9.59 Å². The number of aryl methyl sites for hydroxylation is 1. The molecule has 2 aromatic carbocycles. The molecule has 8 nitrogen and oxygen atoms in total. The van der Waals surface area contributed by atoms with Crippen LogP contribution in [0.25, 0.3) is 10.9 Å². The molecule has 1 aliphatic carbocycles. The van der Waals surface area contributed by atoms with Gasteiger partial charge in [0.1, 0.15) is 18.4 Å². The fourth-order valence-electron chi connectivity index (χ4n) is 6.12. The highest BCUT2D eigenvalue weighted by atomic mass is 16.6. The first-order chi connectivity index (χ1) is 19.9. The van der Waals surface area contributed by atoms with Crippen molar-refractivity contribution in [1.29, 1.82) is 0 Å². The van der Waals surface area contributed by atoms with Gasteiger partial charge in [0, 0.05) is 36.1 Å². The predicted octanol–water partition coefficient (Wildman–Crippen LogP) is 5.66. The van der Waals surface area contributed by atoms with E-state index in [0.29, 0.717) is 13.1 Å². The monoisotopic (exact) mass is 576 g/mol. The number of aromatic amines is 1. The van der Waals surface area contributed by atoms with Gasteiger partial charge in [-0.2, -0.15) is 0 Å². The largest absolute Gasteiger partial charge is 0.444 e. The molecular weight excluding hydrogens is 528 g/mol. The Labute approximate surface area is 250 Å². The average molecular weight is 577 g/mol. The molecule has 2 N–H and O–H groups in total. The van der Waals surface area contributed by atoms with E-state index in [1.165, 1.54) is 11.1 Å². The van der Waals surface area contributed by atoms with E-state index >= 15 is 0 Å². The van der Waals surface area contributed by atoms with Crippen molar-refractivity contribution in [2.75, 3.05) is 34.2 Å². The molecule has 0 radical (unpaired) electrons. The van der Waals surface area contributed by atoms with Crippen molar-refractivity contribution in [2.45, 2.75) is 76.4 Å². The lowest BCUT2D eigenvalue weighted by Crippen LogP contribution is -2.54. The molecule has 228 valence electrons. The molecule has 3 aromatic rings. The van der Waals surface area contributed by atoms with Crippen LogP contribution in [0.5, 0.6) is 0 Å². The number of hydrogen-bond donors (Lipinski definition) is 2. The Hall–Kier alpha value is -3.65. The summed E-state index contributed by atoms with van der Waals surface area (Å²) in [5, 5.41) is 4.00. The van der Waals surface area contributed by atoms with Gasteiger partial charge in [-0.3, -0.25) is 4.79 Å². The van der Waals surface area contributed by atoms with Crippen LogP contribution in [-0.2, 0) is 26.2 Å². The highest BCUT2D eigenvalue weighted by Crippen LogP contribution is 2.46. The number of benzene rings is 2. The normalized spacial score (nSPS) is 16.9. The lowest BCUT2D eigenvalue weighted by molar-refractivity contribution is -0.135. The minimum atomic E-state index is -0.719. The molecule has 8 heteroatoms. The molecule has 2 heterocycles. The van der Waals surface area contributed by atoms with Gasteiger partial charge >= 0.3 is 6.09 Å². The van der Waals surface area contributed by atoms with Crippen LogP contribution >= 0.6 is 0 Å². The van der Waals surface area contributed by atoms with E-state index in [1.807, 2.05) is 89.8 Å². The molecule has 0 bridgehead atoms. The van der Waals surface area contributed by atoms with Gasteiger partial charge in [-0.05, 0) is 95.8 Å². The number of nitrogens with one attached hydrogen (secondary N) is 2. The summed E-state index contributed by atoms with van der Waals surface area (Å²) in [6, 6.07) is 16.1. The number of H-pyrrole nitrogens is 1. The zero-order valence-electron chi connectivity index (χ0n) is 26.3. The molecule has 2 unspecified atom stereocenters. The van der Waals surface area contributed by atoms with Crippen molar-refractivity contribution < 1.29 is 19.1 Å². The van der Waals surface area contributed by atoms with Crippen LogP contribution < -0.4 is 5.32 Å². The quantitative estimate of drug-likeness (QED) is 0.418. The number of likely N-dealkylation sites (tertiary alicyclic amines) is 1. The van der Waals surface area contributed by atoms with Crippen LogP contribution in [0.2, 0.25) is 0 Å². The van der Waals surface area contributed by atoms with Crippen LogP contribution in [0, 0.1) is 0 Å². The van der Waals surface area contributed by atoms with E-state index < -0.39 is 17.7 Å². The zero-order valence-corrected chi connectivity index (χ0v) is 26.3. The number of ether oxygens (including phenoxy) is 1. The number of aromatic nitrogens is 1. The van der Waals surface area contributed by atoms with Crippen molar-refractivity contribution in [3.63, 3.8) is 0 Å². The summed E-state index contributed by atoms with van der Waals surface area (Å²) in [7, 11) is 6.00. The van der Waals surface area contributed by atoms with Crippen LogP contribution in [0.15, 0.2) is 54.7 Å². The molecule has 0 saturated carbocycles. The van der Waals surface area contributed by atoms with Crippen molar-refractivity contribution in [2.24, 2.45) is 0 Å². The minimum absolute atomic E-state index is 0.0419. The van der Waals surface area contributed by atoms with Crippen molar-refractivity contribution >= 4 is 29.7 Å². The topological polar surface area (TPSA) is 94.7 Å². The molecule has 1 spiro atoms. The molecule has 1 aliphatic heterocycles. The number of nitrogens with zero attached hydrogens (tertiary/aromatic N) is 2. The molecule has 1 aromatic heterocycles. The molecule has 2 amide bonds. The maximum absolute atomic E-state index is 14.0. The van der Waals surface area contributed by atoms with Crippen molar-refractivity contribution in [3.05, 3.63) is 71.4 Å². The summed E-state index contributed by atoms with van der Waals surface area (Å²) in [4.78, 5) is 42.0. The number of carbonyl (C=O) groups excluding carboxylic acids is 3. The molecule has 1 fully saturated rings. The summed E-state index contributed by atoms with van der Waals surface area (Å²) in [5.74, 6) is -0.274. The number of amides is 2. The van der Waals surface area contributed by atoms with Gasteiger partial charge in [0.05, 0.1) is 0 Å². The molecule has 2 atom stereocenters. The van der Waals surface area contributed by atoms with Crippen molar-refractivity contribution in [3.8, 4) is 0 Å². The average Bonchev–Trinajstić information content (AvgIpc) is 3.54. The maximum Gasteiger partial charge on any atom is 0.408 e. The minimum Gasteiger partial charge on any atom is -0.444 e. The number of piperidine rings is 1. The van der Waals surface area contributed by atoms with Gasteiger partial charge in [-0.1, -0.05) is 49.4 Å². The number of alkyl carbamates (subject to hydrolysis) is 1. The second-order valence-corrected chi connectivity index (χ2v) is 12.8.